The molecule has 2 bridgehead atoms. The summed E-state index contributed by atoms with van der Waals surface area (Å²) in [5.41, 5.74) is 5.18. The van der Waals surface area contributed by atoms with Gasteiger partial charge in [0, 0.05) is 47.1 Å². The first-order valence-electron chi connectivity index (χ1n) is 12.3. The van der Waals surface area contributed by atoms with Gasteiger partial charge in [-0.2, -0.15) is 5.10 Å². The number of benzene rings is 1. The Balaban J connectivity index is 1.32. The quantitative estimate of drug-likeness (QED) is 0.362. The molecule has 3 aliphatic rings. The van der Waals surface area contributed by atoms with Crippen molar-refractivity contribution in [2.45, 2.75) is 63.5 Å². The number of ketones is 1. The zero-order valence-corrected chi connectivity index (χ0v) is 19.8. The molecule has 0 unspecified atom stereocenters. The van der Waals surface area contributed by atoms with E-state index >= 15 is 0 Å². The van der Waals surface area contributed by atoms with Crippen LogP contribution in [0.4, 0.5) is 13.2 Å². The second-order valence-electron chi connectivity index (χ2n) is 10.1. The van der Waals surface area contributed by atoms with Crippen molar-refractivity contribution in [3.05, 3.63) is 69.9 Å². The van der Waals surface area contributed by atoms with Gasteiger partial charge in [0.1, 0.15) is 0 Å². The largest absolute Gasteiger partial charge is 0.293 e. The fourth-order valence-electron chi connectivity index (χ4n) is 5.96. The van der Waals surface area contributed by atoms with Crippen LogP contribution in [0.3, 0.4) is 0 Å². The number of nitrogens with zero attached hydrogens (tertiary/aromatic N) is 4. The molecule has 0 amide bonds. The lowest BCUT2D eigenvalue weighted by Crippen LogP contribution is -2.48. The number of halogens is 3. The SMILES string of the molecule is Cc1nc(C2CC2)ccc1C(=O)CN1[C@H]2CCC[C@@H]1c1nn(C)c(-c3cc(F)c(F)c(F)c3)c1C2. The van der Waals surface area contributed by atoms with Crippen LogP contribution in [-0.2, 0) is 13.5 Å². The standard InChI is InChI=1S/C27H27F3N4O/c1-14-18(8-9-22(31-14)15-6-7-15)24(35)13-34-17-4-3-5-23(34)26-19(12-17)27(33(2)32-26)16-10-20(28)25(30)21(29)11-16/h8-11,15,17,23H,3-7,12-13H2,1-2H3/t17-,23+/m0/s1. The molecule has 1 aromatic carbocycles. The highest BCUT2D eigenvalue weighted by Crippen LogP contribution is 2.45. The van der Waals surface area contributed by atoms with E-state index in [1.165, 1.54) is 12.8 Å². The molecule has 5 nitrogen and oxygen atoms in total. The molecule has 8 heteroatoms. The van der Waals surface area contributed by atoms with Crippen molar-refractivity contribution in [3.63, 3.8) is 0 Å². The molecule has 182 valence electrons. The second kappa shape index (κ2) is 8.29. The zero-order chi connectivity index (χ0) is 24.4. The van der Waals surface area contributed by atoms with Gasteiger partial charge in [-0.1, -0.05) is 0 Å². The minimum Gasteiger partial charge on any atom is -0.293 e. The summed E-state index contributed by atoms with van der Waals surface area (Å²) < 4.78 is 43.2. The van der Waals surface area contributed by atoms with E-state index in [0.717, 1.165) is 54.0 Å². The van der Waals surface area contributed by atoms with Gasteiger partial charge < -0.3 is 0 Å². The van der Waals surface area contributed by atoms with Crippen LogP contribution in [-0.4, -0.2) is 38.0 Å². The van der Waals surface area contributed by atoms with Crippen molar-refractivity contribution in [3.8, 4) is 11.3 Å². The molecule has 1 aliphatic carbocycles. The van der Waals surface area contributed by atoms with Crippen LogP contribution in [0.15, 0.2) is 24.3 Å². The van der Waals surface area contributed by atoms with E-state index < -0.39 is 17.5 Å². The molecule has 0 spiro atoms. The van der Waals surface area contributed by atoms with Gasteiger partial charge in [-0.05, 0) is 69.7 Å². The summed E-state index contributed by atoms with van der Waals surface area (Å²) >= 11 is 0. The van der Waals surface area contributed by atoms with E-state index in [0.29, 0.717) is 23.6 Å². The van der Waals surface area contributed by atoms with Gasteiger partial charge in [-0.3, -0.25) is 19.4 Å². The first-order chi connectivity index (χ1) is 16.8. The van der Waals surface area contributed by atoms with Crippen LogP contribution in [0.25, 0.3) is 11.3 Å². The maximum Gasteiger partial charge on any atom is 0.194 e. The molecule has 2 fully saturated rings. The van der Waals surface area contributed by atoms with Gasteiger partial charge >= 0.3 is 0 Å². The molecule has 6 rings (SSSR count). The molecule has 0 N–H and O–H groups in total. The number of pyridine rings is 1. The average Bonchev–Trinajstić information content (AvgIpc) is 3.61. The number of aromatic nitrogens is 3. The van der Waals surface area contributed by atoms with Crippen LogP contribution in [0.1, 0.15) is 77.1 Å². The Morgan fingerprint density at radius 3 is 2.51 bits per heavy atom. The monoisotopic (exact) mass is 480 g/mol. The van der Waals surface area contributed by atoms with Crippen molar-refractivity contribution in [1.82, 2.24) is 19.7 Å². The third-order valence-electron chi connectivity index (χ3n) is 7.80. The Morgan fingerprint density at radius 1 is 1.09 bits per heavy atom. The smallest absolute Gasteiger partial charge is 0.194 e. The molecular weight excluding hydrogens is 453 g/mol. The van der Waals surface area contributed by atoms with E-state index in [4.69, 9.17) is 5.10 Å². The fourth-order valence-corrected chi connectivity index (χ4v) is 5.96. The molecule has 3 aromatic rings. The van der Waals surface area contributed by atoms with E-state index in [9.17, 15) is 18.0 Å². The number of Topliss-reactive ketones (excluding diaryl/α,β-unsaturated/α-hetero) is 1. The first kappa shape index (κ1) is 22.5. The number of fused-ring (bicyclic) bond motifs is 4. The summed E-state index contributed by atoms with van der Waals surface area (Å²) in [4.78, 5) is 20.3. The van der Waals surface area contributed by atoms with Crippen LogP contribution in [0.2, 0.25) is 0 Å². The Bertz CT molecular complexity index is 1320. The van der Waals surface area contributed by atoms with Crippen molar-refractivity contribution in [1.29, 1.82) is 0 Å². The molecule has 2 aromatic heterocycles. The van der Waals surface area contributed by atoms with E-state index in [-0.39, 0.29) is 30.0 Å². The van der Waals surface area contributed by atoms with Crippen LogP contribution in [0, 0.1) is 24.4 Å². The van der Waals surface area contributed by atoms with Gasteiger partial charge in [-0.15, -0.1) is 0 Å². The fraction of sp³-hybridized carbons (Fsp3) is 0.444. The summed E-state index contributed by atoms with van der Waals surface area (Å²) in [6.07, 6.45) is 5.78. The number of rotatable bonds is 5. The number of carbonyl (C=O) groups excluding carboxylic acids is 1. The van der Waals surface area contributed by atoms with Crippen LogP contribution >= 0.6 is 0 Å². The molecule has 35 heavy (non-hydrogen) atoms. The first-order valence-corrected chi connectivity index (χ1v) is 12.3. The lowest BCUT2D eigenvalue weighted by atomic mass is 9.81. The zero-order valence-electron chi connectivity index (χ0n) is 19.8. The Kier molecular flexibility index (Phi) is 5.32. The molecule has 2 aliphatic heterocycles. The molecule has 0 radical (unpaired) electrons. The topological polar surface area (TPSA) is 51.0 Å². The summed E-state index contributed by atoms with van der Waals surface area (Å²) in [5, 5.41) is 4.73. The number of aryl methyl sites for hydroxylation is 2. The number of piperidine rings is 1. The molecular formula is C27H27F3N4O. The summed E-state index contributed by atoms with van der Waals surface area (Å²) in [6, 6.07) is 6.04. The average molecular weight is 481 g/mol. The van der Waals surface area contributed by atoms with E-state index in [1.54, 1.807) is 11.7 Å². The van der Waals surface area contributed by atoms with Gasteiger partial charge in [0.15, 0.2) is 23.2 Å². The van der Waals surface area contributed by atoms with Crippen molar-refractivity contribution >= 4 is 5.78 Å². The number of hydrogen-bond donors (Lipinski definition) is 0. The Labute approximate surface area is 202 Å². The molecule has 4 heterocycles. The third-order valence-corrected chi connectivity index (χ3v) is 7.80. The highest BCUT2D eigenvalue weighted by atomic mass is 19.2. The molecule has 2 atom stereocenters. The normalized spacial score (nSPS) is 21.7. The lowest BCUT2D eigenvalue weighted by Gasteiger charge is -2.45. The molecule has 1 saturated heterocycles. The van der Waals surface area contributed by atoms with Crippen LogP contribution < -0.4 is 0 Å². The minimum atomic E-state index is -1.47. The van der Waals surface area contributed by atoms with Crippen LogP contribution in [0.5, 0.6) is 0 Å². The maximum absolute atomic E-state index is 14.0. The summed E-state index contributed by atoms with van der Waals surface area (Å²) in [5.74, 6) is -3.30. The molecule has 1 saturated carbocycles. The third kappa shape index (κ3) is 3.78. The van der Waals surface area contributed by atoms with Gasteiger partial charge in [0.25, 0.3) is 0 Å². The van der Waals surface area contributed by atoms with Crippen molar-refractivity contribution < 1.29 is 18.0 Å². The van der Waals surface area contributed by atoms with E-state index in [1.807, 2.05) is 19.1 Å². The summed E-state index contributed by atoms with van der Waals surface area (Å²) in [6.45, 7) is 2.19. The Hall–Kier alpha value is -3.00. The van der Waals surface area contributed by atoms with Crippen molar-refractivity contribution in [2.75, 3.05) is 6.54 Å². The van der Waals surface area contributed by atoms with E-state index in [2.05, 4.69) is 9.88 Å². The minimum absolute atomic E-state index is 0.0458. The van der Waals surface area contributed by atoms with Gasteiger partial charge in [0.05, 0.1) is 24.0 Å². The van der Waals surface area contributed by atoms with Gasteiger partial charge in [-0.25, -0.2) is 13.2 Å². The number of carbonyl (C=O) groups is 1. The number of hydrogen-bond acceptors (Lipinski definition) is 4. The van der Waals surface area contributed by atoms with Crippen molar-refractivity contribution in [2.24, 2.45) is 7.05 Å². The highest BCUT2D eigenvalue weighted by molar-refractivity contribution is 5.98. The maximum atomic E-state index is 14.0. The lowest BCUT2D eigenvalue weighted by molar-refractivity contribution is 0.0561. The second-order valence-corrected chi connectivity index (χ2v) is 10.1. The predicted octanol–water partition coefficient (Wildman–Crippen LogP) is 5.42. The summed E-state index contributed by atoms with van der Waals surface area (Å²) in [7, 11) is 1.74. The predicted molar refractivity (Wildman–Crippen MR) is 125 cm³/mol. The van der Waals surface area contributed by atoms with Gasteiger partial charge in [0.2, 0.25) is 0 Å². The Morgan fingerprint density at radius 2 is 1.83 bits per heavy atom. The highest BCUT2D eigenvalue weighted by Gasteiger charge is 2.42.